The number of carbonyl (C=O) groups excluding carboxylic acids is 2. The summed E-state index contributed by atoms with van der Waals surface area (Å²) in [5.74, 6) is -3.27. The quantitative estimate of drug-likeness (QED) is 0.520. The van der Waals surface area contributed by atoms with Gasteiger partial charge in [0.2, 0.25) is 11.8 Å². The van der Waals surface area contributed by atoms with E-state index in [4.69, 9.17) is 7.10 Å². The number of hydrogen-bond donors (Lipinski definition) is 4. The standard InChI is InChI=1S/C16H29N3O4/c1-10(2)14(16(22)23)19-15(21)12(18-13(20)9-17)8-11-6-4-3-5-7-11/h10-12,14H,3-9,17H2,1-2H3,(H,18,20)(H,19,21)(H,22,23)/t12-,14-/m0/s1/i11D. The second kappa shape index (κ2) is 9.50. The van der Waals surface area contributed by atoms with Crippen LogP contribution in [0.15, 0.2) is 0 Å². The van der Waals surface area contributed by atoms with Gasteiger partial charge in [0.1, 0.15) is 12.1 Å². The lowest BCUT2D eigenvalue weighted by Gasteiger charge is -2.28. The lowest BCUT2D eigenvalue weighted by molar-refractivity contribution is -0.143. The van der Waals surface area contributed by atoms with E-state index in [0.717, 1.165) is 19.3 Å². The van der Waals surface area contributed by atoms with Gasteiger partial charge in [0, 0.05) is 1.37 Å². The van der Waals surface area contributed by atoms with Crippen molar-refractivity contribution in [2.45, 2.75) is 64.5 Å². The fourth-order valence-electron chi connectivity index (χ4n) is 2.77. The van der Waals surface area contributed by atoms with Gasteiger partial charge in [-0.25, -0.2) is 4.79 Å². The molecule has 23 heavy (non-hydrogen) atoms. The predicted molar refractivity (Wildman–Crippen MR) is 86.6 cm³/mol. The third kappa shape index (κ3) is 6.56. The van der Waals surface area contributed by atoms with Crippen LogP contribution < -0.4 is 16.4 Å². The highest BCUT2D eigenvalue weighted by Gasteiger charge is 2.30. The summed E-state index contributed by atoms with van der Waals surface area (Å²) in [5, 5.41) is 14.2. The van der Waals surface area contributed by atoms with Crippen LogP contribution in [-0.2, 0) is 14.4 Å². The minimum Gasteiger partial charge on any atom is -0.480 e. The number of carbonyl (C=O) groups is 3. The van der Waals surface area contributed by atoms with Gasteiger partial charge < -0.3 is 21.5 Å². The molecule has 7 nitrogen and oxygen atoms in total. The average Bonchev–Trinajstić information content (AvgIpc) is 2.51. The van der Waals surface area contributed by atoms with Crippen LogP contribution in [0.1, 0.15) is 53.7 Å². The maximum atomic E-state index is 12.5. The third-order valence-corrected chi connectivity index (χ3v) is 4.12. The van der Waals surface area contributed by atoms with Gasteiger partial charge in [-0.05, 0) is 18.2 Å². The number of hydrogen-bond acceptors (Lipinski definition) is 4. The molecule has 2 atom stereocenters. The molecule has 1 aliphatic carbocycles. The number of carboxylic acids is 1. The minimum absolute atomic E-state index is 0.162. The first-order valence-corrected chi connectivity index (χ1v) is 8.21. The number of nitrogens with two attached hydrogens (primary N) is 1. The summed E-state index contributed by atoms with van der Waals surface area (Å²) in [6, 6.07) is -1.99. The molecule has 5 N–H and O–H groups in total. The van der Waals surface area contributed by atoms with Gasteiger partial charge in [-0.3, -0.25) is 9.59 Å². The van der Waals surface area contributed by atoms with E-state index in [1.54, 1.807) is 13.8 Å². The topological polar surface area (TPSA) is 122 Å². The Morgan fingerprint density at radius 3 is 2.30 bits per heavy atom. The fourth-order valence-corrected chi connectivity index (χ4v) is 2.77. The van der Waals surface area contributed by atoms with Gasteiger partial charge >= 0.3 is 5.97 Å². The molecule has 1 rings (SSSR count). The SMILES string of the molecule is [2H]C1(C[C@H](NC(=O)CN)C(=O)N[C@H](C(=O)O)C(C)C)CCCCC1. The second-order valence-corrected chi connectivity index (χ2v) is 6.41. The molecule has 0 unspecified atom stereocenters. The molecule has 2 amide bonds. The van der Waals surface area contributed by atoms with Crippen LogP contribution in [0.5, 0.6) is 0 Å². The van der Waals surface area contributed by atoms with Crippen molar-refractivity contribution in [1.82, 2.24) is 10.6 Å². The lowest BCUT2D eigenvalue weighted by Crippen LogP contribution is -2.54. The molecule has 1 fully saturated rings. The molecular formula is C16H29N3O4. The smallest absolute Gasteiger partial charge is 0.326 e. The summed E-state index contributed by atoms with van der Waals surface area (Å²) in [5.41, 5.74) is 5.30. The fraction of sp³-hybridized carbons (Fsp3) is 0.812. The summed E-state index contributed by atoms with van der Waals surface area (Å²) in [7, 11) is 0. The molecule has 7 heteroatoms. The Morgan fingerprint density at radius 2 is 1.83 bits per heavy atom. The zero-order valence-electron chi connectivity index (χ0n) is 14.9. The Bertz CT molecular complexity index is 464. The molecule has 0 aromatic heterocycles. The van der Waals surface area contributed by atoms with E-state index < -0.39 is 35.8 Å². The van der Waals surface area contributed by atoms with Crippen LogP contribution in [0.4, 0.5) is 0 Å². The summed E-state index contributed by atoms with van der Waals surface area (Å²) in [6.45, 7) is 3.13. The number of amides is 2. The van der Waals surface area contributed by atoms with Crippen LogP contribution in [-0.4, -0.2) is 41.5 Å². The van der Waals surface area contributed by atoms with Crippen LogP contribution in [0.2, 0.25) is 0 Å². The van der Waals surface area contributed by atoms with Gasteiger partial charge in [0.25, 0.3) is 0 Å². The molecule has 0 aromatic rings. The van der Waals surface area contributed by atoms with E-state index in [1.807, 2.05) is 0 Å². The molecule has 0 bridgehead atoms. The van der Waals surface area contributed by atoms with Crippen molar-refractivity contribution in [3.05, 3.63) is 0 Å². The van der Waals surface area contributed by atoms with E-state index in [-0.39, 0.29) is 18.9 Å². The van der Waals surface area contributed by atoms with E-state index in [1.165, 1.54) is 0 Å². The van der Waals surface area contributed by atoms with Crippen molar-refractivity contribution in [3.8, 4) is 0 Å². The molecule has 0 saturated heterocycles. The number of nitrogens with one attached hydrogen (secondary N) is 2. The minimum atomic E-state index is -1.12. The van der Waals surface area contributed by atoms with Crippen molar-refractivity contribution < 1.29 is 20.9 Å². The first-order chi connectivity index (χ1) is 11.2. The Morgan fingerprint density at radius 1 is 1.22 bits per heavy atom. The monoisotopic (exact) mass is 328 g/mol. The first kappa shape index (κ1) is 17.7. The molecule has 1 saturated carbocycles. The third-order valence-electron chi connectivity index (χ3n) is 4.12. The van der Waals surface area contributed by atoms with E-state index in [2.05, 4.69) is 10.6 Å². The Kier molecular flexibility index (Phi) is 7.32. The molecule has 0 aromatic carbocycles. The highest BCUT2D eigenvalue weighted by Crippen LogP contribution is 2.27. The summed E-state index contributed by atoms with van der Waals surface area (Å²) < 4.78 is 8.52. The second-order valence-electron chi connectivity index (χ2n) is 6.41. The normalized spacial score (nSPS) is 20.3. The van der Waals surface area contributed by atoms with E-state index in [0.29, 0.717) is 12.8 Å². The van der Waals surface area contributed by atoms with Crippen molar-refractivity contribution in [1.29, 1.82) is 0 Å². The molecule has 0 spiro atoms. The van der Waals surface area contributed by atoms with Crippen LogP contribution in [0.3, 0.4) is 0 Å². The van der Waals surface area contributed by atoms with Crippen molar-refractivity contribution >= 4 is 17.8 Å². The van der Waals surface area contributed by atoms with E-state index >= 15 is 0 Å². The van der Waals surface area contributed by atoms with Gasteiger partial charge in [-0.15, -0.1) is 0 Å². The molecule has 1 aliphatic rings. The van der Waals surface area contributed by atoms with Gasteiger partial charge in [-0.1, -0.05) is 46.0 Å². The molecular weight excluding hydrogens is 298 g/mol. The van der Waals surface area contributed by atoms with Crippen molar-refractivity contribution in [2.24, 2.45) is 17.5 Å². The maximum Gasteiger partial charge on any atom is 0.326 e. The number of aliphatic carboxylic acids is 1. The summed E-state index contributed by atoms with van der Waals surface area (Å²) in [4.78, 5) is 35.4. The largest absolute Gasteiger partial charge is 0.480 e. The molecule has 0 radical (unpaired) electrons. The van der Waals surface area contributed by atoms with Crippen molar-refractivity contribution in [2.75, 3.05) is 6.54 Å². The molecule has 132 valence electrons. The van der Waals surface area contributed by atoms with Gasteiger partial charge in [-0.2, -0.15) is 0 Å². The number of carboxylic acid groups (broad SMARTS) is 1. The molecule has 0 aliphatic heterocycles. The summed E-state index contributed by atoms with van der Waals surface area (Å²) in [6.07, 6.45) is 4.42. The van der Waals surface area contributed by atoms with E-state index in [9.17, 15) is 19.5 Å². The summed E-state index contributed by atoms with van der Waals surface area (Å²) >= 11 is 0. The Hall–Kier alpha value is -1.63. The van der Waals surface area contributed by atoms with Crippen molar-refractivity contribution in [3.63, 3.8) is 0 Å². The Labute approximate surface area is 138 Å². The van der Waals surface area contributed by atoms with Crippen LogP contribution in [0.25, 0.3) is 0 Å². The molecule has 0 heterocycles. The lowest BCUT2D eigenvalue weighted by atomic mass is 9.84. The Balaban J connectivity index is 2.85. The van der Waals surface area contributed by atoms with Gasteiger partial charge in [0.15, 0.2) is 0 Å². The first-order valence-electron chi connectivity index (χ1n) is 8.71. The van der Waals surface area contributed by atoms with Gasteiger partial charge in [0.05, 0.1) is 6.54 Å². The average molecular weight is 328 g/mol. The van der Waals surface area contributed by atoms with Crippen LogP contribution in [0, 0.1) is 11.8 Å². The van der Waals surface area contributed by atoms with Crippen LogP contribution >= 0.6 is 0 Å². The highest BCUT2D eigenvalue weighted by molar-refractivity contribution is 5.90. The zero-order valence-corrected chi connectivity index (χ0v) is 13.9. The predicted octanol–water partition coefficient (Wildman–Crippen LogP) is 0.626. The maximum absolute atomic E-state index is 12.5. The highest BCUT2D eigenvalue weighted by atomic mass is 16.4. The zero-order chi connectivity index (χ0) is 18.3. The number of rotatable bonds is 8.